The Labute approximate surface area is 190 Å². The lowest BCUT2D eigenvalue weighted by molar-refractivity contribution is -0.122. The predicted molar refractivity (Wildman–Crippen MR) is 120 cm³/mol. The zero-order valence-electron chi connectivity index (χ0n) is 15.1. The zero-order chi connectivity index (χ0) is 21.3. The van der Waals surface area contributed by atoms with E-state index in [2.05, 4.69) is 5.32 Å². The van der Waals surface area contributed by atoms with E-state index in [0.29, 0.717) is 14.9 Å². The Bertz CT molecular complexity index is 1190. The first-order valence-electron chi connectivity index (χ1n) is 8.61. The number of barbiturate groups is 1. The fourth-order valence-corrected chi connectivity index (χ4v) is 5.11. The van der Waals surface area contributed by atoms with E-state index in [4.69, 9.17) is 23.2 Å². The highest BCUT2D eigenvalue weighted by atomic mass is 35.5. The third kappa shape index (κ3) is 4.44. The number of urea groups is 1. The summed E-state index contributed by atoms with van der Waals surface area (Å²) in [6, 6.07) is 16.7. The van der Waals surface area contributed by atoms with Gasteiger partial charge in [-0.15, -0.1) is 11.3 Å². The Kier molecular flexibility index (Phi) is 5.97. The van der Waals surface area contributed by atoms with Crippen LogP contribution in [0.1, 0.15) is 4.88 Å². The molecule has 0 bridgehead atoms. The molecule has 0 spiro atoms. The molecule has 0 unspecified atom stereocenters. The van der Waals surface area contributed by atoms with Crippen molar-refractivity contribution in [3.05, 3.63) is 81.2 Å². The van der Waals surface area contributed by atoms with Gasteiger partial charge in [-0.1, -0.05) is 41.0 Å². The maximum absolute atomic E-state index is 12.9. The van der Waals surface area contributed by atoms with Gasteiger partial charge in [0.1, 0.15) is 5.57 Å². The average Bonchev–Trinajstić information content (AvgIpc) is 3.14. The Hall–Kier alpha value is -2.58. The van der Waals surface area contributed by atoms with Crippen LogP contribution in [-0.2, 0) is 9.59 Å². The second kappa shape index (κ2) is 8.65. The van der Waals surface area contributed by atoms with Crippen LogP contribution in [0.5, 0.6) is 0 Å². The fraction of sp³-hybridized carbons (Fsp3) is 0. The minimum absolute atomic E-state index is 0.125. The van der Waals surface area contributed by atoms with Gasteiger partial charge >= 0.3 is 6.03 Å². The van der Waals surface area contributed by atoms with Crippen LogP contribution in [0.15, 0.2) is 75.3 Å². The Morgan fingerprint density at radius 3 is 2.43 bits per heavy atom. The molecule has 1 saturated heterocycles. The molecule has 1 aromatic heterocycles. The summed E-state index contributed by atoms with van der Waals surface area (Å²) >= 11 is 14.9. The summed E-state index contributed by atoms with van der Waals surface area (Å²) in [5.74, 6) is -1.44. The van der Waals surface area contributed by atoms with Crippen molar-refractivity contribution in [1.29, 1.82) is 0 Å². The third-order valence-corrected chi connectivity index (χ3v) is 6.75. The molecule has 4 rings (SSSR count). The van der Waals surface area contributed by atoms with E-state index in [9.17, 15) is 14.4 Å². The Balaban J connectivity index is 1.60. The smallest absolute Gasteiger partial charge is 0.273 e. The van der Waals surface area contributed by atoms with Crippen LogP contribution in [0.4, 0.5) is 10.5 Å². The number of hydrogen-bond donors (Lipinski definition) is 1. The molecule has 9 heteroatoms. The van der Waals surface area contributed by atoms with E-state index in [1.165, 1.54) is 23.5 Å². The lowest BCUT2D eigenvalue weighted by Crippen LogP contribution is -2.54. The third-order valence-electron chi connectivity index (χ3n) is 4.09. The van der Waals surface area contributed by atoms with E-state index >= 15 is 0 Å². The molecule has 4 amide bonds. The molecule has 1 aliphatic heterocycles. The van der Waals surface area contributed by atoms with Crippen LogP contribution < -0.4 is 10.2 Å². The molecule has 2 aromatic carbocycles. The van der Waals surface area contributed by atoms with Gasteiger partial charge in [-0.05, 0) is 60.7 Å². The standard InChI is InChI=1S/C21H12Cl2N2O3S2/c22-12-4-6-15(7-5-12)29-18-9-8-16(30-18)11-17-19(26)24-21(28)25(20(17)27)14-3-1-2-13(23)10-14/h1-11H,(H,24,26,28)/b17-11+. The number of benzene rings is 2. The molecular formula is C21H12Cl2N2O3S2. The van der Waals surface area contributed by atoms with Crippen molar-refractivity contribution in [2.45, 2.75) is 9.10 Å². The number of amides is 4. The van der Waals surface area contributed by atoms with E-state index in [0.717, 1.165) is 14.0 Å². The first-order chi connectivity index (χ1) is 14.4. The SMILES string of the molecule is O=C1NC(=O)N(c2cccc(Cl)c2)C(=O)/C1=C/c1ccc(Sc2ccc(Cl)cc2)s1. The first-order valence-corrected chi connectivity index (χ1v) is 11.0. The summed E-state index contributed by atoms with van der Waals surface area (Å²) in [7, 11) is 0. The zero-order valence-corrected chi connectivity index (χ0v) is 18.2. The predicted octanol–water partition coefficient (Wildman–Crippen LogP) is 5.87. The van der Waals surface area contributed by atoms with Gasteiger partial charge in [0.15, 0.2) is 0 Å². The van der Waals surface area contributed by atoms with E-state index in [1.54, 1.807) is 30.0 Å². The molecule has 0 saturated carbocycles. The summed E-state index contributed by atoms with van der Waals surface area (Å²) in [4.78, 5) is 40.1. The second-order valence-electron chi connectivity index (χ2n) is 6.15. The number of nitrogens with zero attached hydrogens (tertiary/aromatic N) is 1. The quantitative estimate of drug-likeness (QED) is 0.379. The highest BCUT2D eigenvalue weighted by Crippen LogP contribution is 2.35. The van der Waals surface area contributed by atoms with Crippen LogP contribution in [0, 0.1) is 0 Å². The average molecular weight is 475 g/mol. The Morgan fingerprint density at radius 1 is 0.933 bits per heavy atom. The minimum atomic E-state index is -0.811. The van der Waals surface area contributed by atoms with Gasteiger partial charge in [0.25, 0.3) is 11.8 Å². The van der Waals surface area contributed by atoms with Crippen LogP contribution >= 0.6 is 46.3 Å². The highest BCUT2D eigenvalue weighted by molar-refractivity contribution is 8.01. The molecule has 0 radical (unpaired) electrons. The number of thiophene rings is 1. The molecule has 1 N–H and O–H groups in total. The summed E-state index contributed by atoms with van der Waals surface area (Å²) in [6.07, 6.45) is 1.48. The monoisotopic (exact) mass is 474 g/mol. The number of rotatable bonds is 4. The molecule has 3 aromatic rings. The number of nitrogens with one attached hydrogen (secondary N) is 1. The van der Waals surface area contributed by atoms with Gasteiger partial charge in [-0.25, -0.2) is 9.69 Å². The van der Waals surface area contributed by atoms with E-state index in [-0.39, 0.29) is 11.3 Å². The van der Waals surface area contributed by atoms with Crippen LogP contribution in [0.3, 0.4) is 0 Å². The molecular weight excluding hydrogens is 463 g/mol. The lowest BCUT2D eigenvalue weighted by Gasteiger charge is -2.26. The molecule has 30 heavy (non-hydrogen) atoms. The molecule has 5 nitrogen and oxygen atoms in total. The van der Waals surface area contributed by atoms with Gasteiger partial charge in [-0.3, -0.25) is 14.9 Å². The van der Waals surface area contributed by atoms with Crippen LogP contribution in [-0.4, -0.2) is 17.8 Å². The normalized spacial score (nSPS) is 15.6. The van der Waals surface area contributed by atoms with E-state index in [1.807, 2.05) is 36.4 Å². The van der Waals surface area contributed by atoms with E-state index < -0.39 is 17.8 Å². The fourth-order valence-electron chi connectivity index (χ4n) is 2.74. The van der Waals surface area contributed by atoms with Crippen LogP contribution in [0.2, 0.25) is 10.0 Å². The summed E-state index contributed by atoms with van der Waals surface area (Å²) < 4.78 is 0.982. The minimum Gasteiger partial charge on any atom is -0.273 e. The van der Waals surface area contributed by atoms with Crippen molar-refractivity contribution in [2.75, 3.05) is 4.90 Å². The van der Waals surface area contributed by atoms with Crippen molar-refractivity contribution in [3.8, 4) is 0 Å². The second-order valence-corrected chi connectivity index (χ2v) is 9.51. The summed E-state index contributed by atoms with van der Waals surface area (Å²) in [5, 5.41) is 3.24. The number of halogens is 2. The molecule has 0 atom stereocenters. The lowest BCUT2D eigenvalue weighted by atomic mass is 10.1. The number of anilines is 1. The van der Waals surface area contributed by atoms with Crippen molar-refractivity contribution in [2.24, 2.45) is 0 Å². The number of imide groups is 2. The summed E-state index contributed by atoms with van der Waals surface area (Å²) in [6.45, 7) is 0. The number of carbonyl (C=O) groups excluding carboxylic acids is 3. The maximum atomic E-state index is 12.9. The molecule has 150 valence electrons. The molecule has 2 heterocycles. The largest absolute Gasteiger partial charge is 0.335 e. The molecule has 1 fully saturated rings. The van der Waals surface area contributed by atoms with Crippen molar-refractivity contribution in [1.82, 2.24) is 5.32 Å². The maximum Gasteiger partial charge on any atom is 0.335 e. The molecule has 0 aliphatic carbocycles. The van der Waals surface area contributed by atoms with Crippen molar-refractivity contribution >= 4 is 75.9 Å². The van der Waals surface area contributed by atoms with Gasteiger partial charge in [-0.2, -0.15) is 0 Å². The Morgan fingerprint density at radius 2 is 1.70 bits per heavy atom. The van der Waals surface area contributed by atoms with Gasteiger partial charge in [0.2, 0.25) is 0 Å². The van der Waals surface area contributed by atoms with Crippen molar-refractivity contribution in [3.63, 3.8) is 0 Å². The highest BCUT2D eigenvalue weighted by Gasteiger charge is 2.36. The number of carbonyl (C=O) groups is 3. The van der Waals surface area contributed by atoms with Gasteiger partial charge in [0, 0.05) is 19.8 Å². The number of hydrogen-bond acceptors (Lipinski definition) is 5. The van der Waals surface area contributed by atoms with Crippen molar-refractivity contribution < 1.29 is 14.4 Å². The van der Waals surface area contributed by atoms with Gasteiger partial charge < -0.3 is 0 Å². The topological polar surface area (TPSA) is 66.5 Å². The molecule has 1 aliphatic rings. The van der Waals surface area contributed by atoms with Crippen LogP contribution in [0.25, 0.3) is 6.08 Å². The summed E-state index contributed by atoms with van der Waals surface area (Å²) in [5.41, 5.74) is 0.160. The van der Waals surface area contributed by atoms with Gasteiger partial charge in [0.05, 0.1) is 9.90 Å². The first kappa shape index (κ1) is 20.7.